The van der Waals surface area contributed by atoms with Crippen molar-refractivity contribution in [2.75, 3.05) is 6.61 Å². The van der Waals surface area contributed by atoms with Crippen LogP contribution < -0.4 is 0 Å². The maximum absolute atomic E-state index is 16.9. The van der Waals surface area contributed by atoms with Gasteiger partial charge in [-0.25, -0.2) is 4.39 Å². The molecule has 3 fully saturated rings. The minimum absolute atomic E-state index is 0.0676. The Morgan fingerprint density at radius 2 is 1.77 bits per heavy atom. The van der Waals surface area contributed by atoms with Gasteiger partial charge in [0.25, 0.3) is 0 Å². The van der Waals surface area contributed by atoms with E-state index in [0.717, 1.165) is 0 Å². The molecule has 0 amide bonds. The molecule has 0 bridgehead atoms. The van der Waals surface area contributed by atoms with Gasteiger partial charge in [0.2, 0.25) is 0 Å². The van der Waals surface area contributed by atoms with Gasteiger partial charge in [0.1, 0.15) is 12.2 Å². The molecule has 4 aliphatic rings. The molecule has 8 atom stereocenters. The molecule has 0 radical (unpaired) electrons. The predicted molar refractivity (Wildman–Crippen MR) is 134 cm³/mol. The lowest BCUT2D eigenvalue weighted by molar-refractivity contribution is -0.219. The number of aliphatic hydroxyl groups is 3. The number of Topliss-reactive ketones (excluding diaryl/α,β-unsaturated/α-hetero) is 1. The Kier molecular flexibility index (Phi) is 8.20. The topological polar surface area (TPSA) is 94.8 Å². The number of unbranched alkanes of at least 4 members (excludes halogenated alkanes) is 4. The van der Waals surface area contributed by atoms with E-state index in [1.165, 1.54) is 44.3 Å². The number of hydrogen-bond acceptors (Lipinski definition) is 5. The largest absolute Gasteiger partial charge is 0.390 e. The highest BCUT2D eigenvalue weighted by Crippen LogP contribution is 2.70. The highest BCUT2D eigenvalue weighted by atomic mass is 19.1. The standard InChI is InChI=1S/C22H29FO5.C7H16/c1-12-8-16-15-5-4-13-9-14(25)6-7-19(13,2)21(15,23)17(26)10-20(16,3)22(12,28)18(27)11-24;1-3-5-7-6-4-2/h6-7,9,12,15-17,24,26,28H,4-5,8,10-11H2,1-3H3;3-7H2,1-2H3/t12-,15-,16-,17-,19-,20-,21-,22-;/m0./s1. The molecule has 3 N–H and O–H groups in total. The van der Waals surface area contributed by atoms with Crippen LogP contribution in [0, 0.1) is 28.6 Å². The van der Waals surface area contributed by atoms with Crippen molar-refractivity contribution in [2.24, 2.45) is 28.6 Å². The van der Waals surface area contributed by atoms with Crippen LogP contribution in [0.15, 0.2) is 23.8 Å². The zero-order valence-corrected chi connectivity index (χ0v) is 22.1. The lowest BCUT2D eigenvalue weighted by Crippen LogP contribution is -2.69. The molecule has 35 heavy (non-hydrogen) atoms. The van der Waals surface area contributed by atoms with Crippen LogP contribution >= 0.6 is 0 Å². The second-order valence-electron chi connectivity index (χ2n) is 11.8. The molecule has 198 valence electrons. The summed E-state index contributed by atoms with van der Waals surface area (Å²) < 4.78 is 16.9. The van der Waals surface area contributed by atoms with Crippen molar-refractivity contribution in [3.8, 4) is 0 Å². The highest BCUT2D eigenvalue weighted by Gasteiger charge is 2.75. The molecule has 0 heterocycles. The minimum Gasteiger partial charge on any atom is -0.390 e. The Hall–Kier alpha value is -1.37. The summed E-state index contributed by atoms with van der Waals surface area (Å²) in [5.41, 5.74) is -5.17. The van der Waals surface area contributed by atoms with Gasteiger partial charge in [-0.3, -0.25) is 9.59 Å². The van der Waals surface area contributed by atoms with Crippen molar-refractivity contribution >= 4 is 11.6 Å². The van der Waals surface area contributed by atoms with Crippen molar-refractivity contribution in [1.82, 2.24) is 0 Å². The maximum atomic E-state index is 16.9. The van der Waals surface area contributed by atoms with Crippen LogP contribution in [0.5, 0.6) is 0 Å². The third-order valence-electron chi connectivity index (χ3n) is 10.00. The van der Waals surface area contributed by atoms with Gasteiger partial charge < -0.3 is 15.3 Å². The van der Waals surface area contributed by atoms with E-state index in [1.54, 1.807) is 26.8 Å². The van der Waals surface area contributed by atoms with Gasteiger partial charge in [0.05, 0.1) is 6.10 Å². The van der Waals surface area contributed by atoms with Crippen LogP contribution in [-0.2, 0) is 9.59 Å². The van der Waals surface area contributed by atoms with Crippen LogP contribution in [0.3, 0.4) is 0 Å². The quantitative estimate of drug-likeness (QED) is 0.460. The van der Waals surface area contributed by atoms with Crippen LogP contribution in [0.2, 0.25) is 0 Å². The maximum Gasteiger partial charge on any atom is 0.190 e. The number of carbonyl (C=O) groups is 2. The van der Waals surface area contributed by atoms with Gasteiger partial charge in [-0.15, -0.1) is 0 Å². The fourth-order valence-corrected chi connectivity index (χ4v) is 7.94. The second kappa shape index (κ2) is 10.2. The first kappa shape index (κ1) is 28.2. The Labute approximate surface area is 209 Å². The van der Waals surface area contributed by atoms with Crippen LogP contribution in [0.4, 0.5) is 4.39 Å². The van der Waals surface area contributed by atoms with Crippen molar-refractivity contribution in [3.05, 3.63) is 23.8 Å². The molecule has 0 unspecified atom stereocenters. The summed E-state index contributed by atoms with van der Waals surface area (Å²) in [6.07, 6.45) is 11.4. The molecule has 6 heteroatoms. The van der Waals surface area contributed by atoms with E-state index >= 15 is 4.39 Å². The first-order chi connectivity index (χ1) is 16.4. The van der Waals surface area contributed by atoms with Gasteiger partial charge in [0, 0.05) is 16.7 Å². The second-order valence-corrected chi connectivity index (χ2v) is 11.8. The summed E-state index contributed by atoms with van der Waals surface area (Å²) in [4.78, 5) is 24.4. The lowest BCUT2D eigenvalue weighted by atomic mass is 9.44. The van der Waals surface area contributed by atoms with E-state index in [-0.39, 0.29) is 18.1 Å². The molecule has 4 aliphatic carbocycles. The predicted octanol–water partition coefficient (Wildman–Crippen LogP) is 4.87. The molecule has 3 saturated carbocycles. The normalized spacial score (nSPS) is 43.9. The van der Waals surface area contributed by atoms with Crippen LogP contribution in [-0.4, -0.2) is 50.9 Å². The number of alkyl halides is 1. The number of allylic oxidation sites excluding steroid dienone is 4. The third-order valence-corrected chi connectivity index (χ3v) is 10.00. The summed E-state index contributed by atoms with van der Waals surface area (Å²) >= 11 is 0. The fraction of sp³-hybridized carbons (Fsp3) is 0.793. The average molecular weight is 493 g/mol. The number of aliphatic hydroxyl groups excluding tert-OH is 2. The van der Waals surface area contributed by atoms with E-state index in [1.807, 2.05) is 0 Å². The molecule has 0 spiro atoms. The van der Waals surface area contributed by atoms with Crippen molar-refractivity contribution in [1.29, 1.82) is 0 Å². The van der Waals surface area contributed by atoms with Crippen LogP contribution in [0.1, 0.15) is 92.4 Å². The smallest absolute Gasteiger partial charge is 0.190 e. The number of halogens is 1. The van der Waals surface area contributed by atoms with Crippen molar-refractivity contribution < 1.29 is 29.3 Å². The summed E-state index contributed by atoms with van der Waals surface area (Å²) in [6.45, 7) is 8.97. The Morgan fingerprint density at radius 1 is 1.14 bits per heavy atom. The number of fused-ring (bicyclic) bond motifs is 5. The van der Waals surface area contributed by atoms with E-state index in [4.69, 9.17) is 0 Å². The molecule has 4 rings (SSSR count). The van der Waals surface area contributed by atoms with E-state index in [0.29, 0.717) is 24.8 Å². The third kappa shape index (κ3) is 4.08. The molecule has 0 aromatic rings. The van der Waals surface area contributed by atoms with Crippen molar-refractivity contribution in [2.45, 2.75) is 110 Å². The van der Waals surface area contributed by atoms with Gasteiger partial charge >= 0.3 is 0 Å². The zero-order valence-electron chi connectivity index (χ0n) is 22.1. The van der Waals surface area contributed by atoms with Crippen molar-refractivity contribution in [3.63, 3.8) is 0 Å². The number of ketones is 2. The number of hydrogen-bond donors (Lipinski definition) is 3. The van der Waals surface area contributed by atoms with Crippen LogP contribution in [0.25, 0.3) is 0 Å². The molecule has 0 aliphatic heterocycles. The summed E-state index contributed by atoms with van der Waals surface area (Å²) in [5, 5.41) is 32.0. The summed E-state index contributed by atoms with van der Waals surface area (Å²) in [7, 11) is 0. The molecule has 0 aromatic carbocycles. The molecular weight excluding hydrogens is 447 g/mol. The van der Waals surface area contributed by atoms with Gasteiger partial charge in [0.15, 0.2) is 17.2 Å². The zero-order chi connectivity index (χ0) is 26.2. The van der Waals surface area contributed by atoms with Gasteiger partial charge in [-0.05, 0) is 56.6 Å². The Bertz CT molecular complexity index is 878. The lowest BCUT2D eigenvalue weighted by Gasteiger charge is -2.62. The van der Waals surface area contributed by atoms with E-state index in [9.17, 15) is 24.9 Å². The molecule has 0 saturated heterocycles. The molecule has 0 aromatic heterocycles. The number of carbonyl (C=O) groups excluding carboxylic acids is 2. The number of rotatable bonds is 6. The minimum atomic E-state index is -1.98. The molecular formula is C29H45FO5. The Balaban J connectivity index is 0.000000429. The van der Waals surface area contributed by atoms with Gasteiger partial charge in [-0.2, -0.15) is 0 Å². The fourth-order valence-electron chi connectivity index (χ4n) is 7.94. The van der Waals surface area contributed by atoms with E-state index in [2.05, 4.69) is 13.8 Å². The van der Waals surface area contributed by atoms with E-state index < -0.39 is 52.4 Å². The average Bonchev–Trinajstić information content (AvgIpc) is 3.02. The monoisotopic (exact) mass is 492 g/mol. The summed E-state index contributed by atoms with van der Waals surface area (Å²) in [5.74, 6) is -2.12. The first-order valence-electron chi connectivity index (χ1n) is 13.6. The summed E-state index contributed by atoms with van der Waals surface area (Å²) in [6, 6.07) is 0. The highest BCUT2D eigenvalue weighted by molar-refractivity contribution is 6.01. The molecule has 5 nitrogen and oxygen atoms in total. The Morgan fingerprint density at radius 3 is 2.34 bits per heavy atom. The first-order valence-corrected chi connectivity index (χ1v) is 13.6. The van der Waals surface area contributed by atoms with Gasteiger partial charge in [-0.1, -0.05) is 71.4 Å². The SMILES string of the molecule is CCCCCCC.C[C@H]1C[C@H]2[C@@H]3CCC4=CC(=O)C=C[C@]4(C)[C@@]3(F)[C@@H](O)C[C@]2(C)[C@@]1(O)C(=O)CO.